The fraction of sp³-hybridized carbons (Fsp3) is 0.444. The Morgan fingerprint density at radius 1 is 0.978 bits per heavy atom. The van der Waals surface area contributed by atoms with Gasteiger partial charge in [-0.3, -0.25) is 9.69 Å². The van der Waals surface area contributed by atoms with Gasteiger partial charge in [-0.25, -0.2) is 13.2 Å². The van der Waals surface area contributed by atoms with Crippen LogP contribution in [0.1, 0.15) is 68.9 Å². The highest BCUT2D eigenvalue weighted by Gasteiger charge is 2.25. The molecule has 2 atom stereocenters. The van der Waals surface area contributed by atoms with E-state index < -0.39 is 27.8 Å². The molecule has 4 rings (SSSR count). The molecule has 3 aromatic carbocycles. The molecule has 1 aliphatic rings. The summed E-state index contributed by atoms with van der Waals surface area (Å²) in [6.45, 7) is 15.1. The Hall–Kier alpha value is -3.69. The van der Waals surface area contributed by atoms with E-state index >= 15 is 0 Å². The van der Waals surface area contributed by atoms with E-state index in [1.54, 1.807) is 13.2 Å². The number of amides is 1. The lowest BCUT2D eigenvalue weighted by atomic mass is 9.93. The molecule has 8 nitrogen and oxygen atoms in total. The van der Waals surface area contributed by atoms with Crippen molar-refractivity contribution in [2.75, 3.05) is 32.2 Å². The van der Waals surface area contributed by atoms with Crippen molar-refractivity contribution >= 4 is 21.7 Å². The lowest BCUT2D eigenvalue weighted by Gasteiger charge is -2.19. The number of benzene rings is 3. The topological polar surface area (TPSA) is 113 Å². The Morgan fingerprint density at radius 3 is 2.11 bits per heavy atom. The maximum absolute atomic E-state index is 13.2. The molecule has 0 bridgehead atoms. The molecule has 1 fully saturated rings. The maximum atomic E-state index is 13.2. The molecule has 248 valence electrons. The number of nitrogens with zero attached hydrogens (tertiary/aromatic N) is 1. The summed E-state index contributed by atoms with van der Waals surface area (Å²) < 4.78 is 27.9. The first-order valence-corrected chi connectivity index (χ1v) is 17.7. The summed E-state index contributed by atoms with van der Waals surface area (Å²) in [4.78, 5) is 27.2. The Kier molecular flexibility index (Phi) is 17.8. The highest BCUT2D eigenvalue weighted by Crippen LogP contribution is 2.29. The molecular weight excluding hydrogens is 588 g/mol. The zero-order chi connectivity index (χ0) is 34.0. The van der Waals surface area contributed by atoms with Gasteiger partial charge in [0.05, 0.1) is 12.9 Å². The summed E-state index contributed by atoms with van der Waals surface area (Å²) in [5.74, 6) is -0.528. The van der Waals surface area contributed by atoms with Crippen LogP contribution in [0.5, 0.6) is 5.75 Å². The van der Waals surface area contributed by atoms with Gasteiger partial charge in [0.25, 0.3) is 5.91 Å². The summed E-state index contributed by atoms with van der Waals surface area (Å²) >= 11 is 0. The number of ether oxygens (including phenoxy) is 1. The highest BCUT2D eigenvalue weighted by molar-refractivity contribution is 7.90. The normalized spacial score (nSPS) is 14.7. The molecule has 3 aromatic rings. The van der Waals surface area contributed by atoms with Gasteiger partial charge in [-0.15, -0.1) is 0 Å². The minimum atomic E-state index is -3.35. The van der Waals surface area contributed by atoms with Crippen LogP contribution >= 0.6 is 0 Å². The number of aryl methyl sites for hydroxylation is 1. The van der Waals surface area contributed by atoms with Crippen molar-refractivity contribution in [1.29, 1.82) is 0 Å². The number of carboxylic acid groups (broad SMARTS) is 1. The van der Waals surface area contributed by atoms with Crippen LogP contribution in [0.4, 0.5) is 0 Å². The Morgan fingerprint density at radius 2 is 1.60 bits per heavy atom. The SMILES string of the molecule is CC.CC.COc1ccccc1.Cc1ccccc1-c1cc(CN2CCC(C)C2)ccc1C(=O)NC(CCS(C)(=O)=O)C(=O)O. The van der Waals surface area contributed by atoms with Crippen molar-refractivity contribution in [3.8, 4) is 16.9 Å². The van der Waals surface area contributed by atoms with Crippen molar-refractivity contribution < 1.29 is 27.9 Å². The molecule has 2 unspecified atom stereocenters. The molecule has 0 aliphatic carbocycles. The molecule has 0 aromatic heterocycles. The molecule has 0 saturated carbocycles. The summed E-state index contributed by atoms with van der Waals surface area (Å²) in [6, 6.07) is 21.8. The largest absolute Gasteiger partial charge is 0.497 e. The fourth-order valence-electron chi connectivity index (χ4n) is 4.80. The number of hydrogen-bond donors (Lipinski definition) is 2. The second-order valence-corrected chi connectivity index (χ2v) is 12.9. The van der Waals surface area contributed by atoms with Crippen LogP contribution in [0.2, 0.25) is 0 Å². The van der Waals surface area contributed by atoms with Gasteiger partial charge in [0.1, 0.15) is 21.6 Å². The molecule has 1 heterocycles. The monoisotopic (exact) mass is 640 g/mol. The predicted molar refractivity (Wildman–Crippen MR) is 185 cm³/mol. The van der Waals surface area contributed by atoms with E-state index in [1.165, 1.54) is 6.42 Å². The van der Waals surface area contributed by atoms with Crippen molar-refractivity contribution in [2.45, 2.75) is 67.0 Å². The van der Waals surface area contributed by atoms with Gasteiger partial charge in [-0.05, 0) is 78.7 Å². The number of carbonyl (C=O) groups excluding carboxylic acids is 1. The molecule has 0 spiro atoms. The van der Waals surface area contributed by atoms with E-state index in [0.717, 1.165) is 53.9 Å². The number of rotatable bonds is 10. The zero-order valence-electron chi connectivity index (χ0n) is 28.2. The summed E-state index contributed by atoms with van der Waals surface area (Å²) in [7, 11) is -1.69. The fourth-order valence-corrected chi connectivity index (χ4v) is 5.46. The molecule has 2 N–H and O–H groups in total. The lowest BCUT2D eigenvalue weighted by Crippen LogP contribution is -2.42. The van der Waals surface area contributed by atoms with Crippen LogP contribution in [-0.2, 0) is 21.2 Å². The van der Waals surface area contributed by atoms with Gasteiger partial charge in [-0.1, -0.05) is 83.1 Å². The van der Waals surface area contributed by atoms with Crippen molar-refractivity contribution in [3.05, 3.63) is 89.5 Å². The van der Waals surface area contributed by atoms with Crippen LogP contribution in [0, 0.1) is 12.8 Å². The van der Waals surface area contributed by atoms with E-state index in [4.69, 9.17) is 4.74 Å². The average Bonchev–Trinajstić information content (AvgIpc) is 3.45. The zero-order valence-corrected chi connectivity index (χ0v) is 29.0. The van der Waals surface area contributed by atoms with Gasteiger partial charge < -0.3 is 15.2 Å². The van der Waals surface area contributed by atoms with Gasteiger partial charge in [0.15, 0.2) is 0 Å². The maximum Gasteiger partial charge on any atom is 0.326 e. The first-order valence-electron chi connectivity index (χ1n) is 15.7. The number of nitrogens with one attached hydrogen (secondary N) is 1. The minimum absolute atomic E-state index is 0.190. The second-order valence-electron chi connectivity index (χ2n) is 10.6. The smallest absolute Gasteiger partial charge is 0.326 e. The summed E-state index contributed by atoms with van der Waals surface area (Å²) in [5, 5.41) is 12.0. The standard InChI is InChI=1S/C25H32N2O5S.C7H8O.2C2H6/c1-17-10-12-27(15-17)16-19-8-9-21(22(14-19)20-7-5-4-6-18(20)2)24(28)26-23(25(29)30)11-13-33(3,31)32;1-8-7-5-3-2-4-6-7;2*1-2/h4-9,14,17,23H,10-13,15-16H2,1-3H3,(H,26,28)(H,29,30);2-6H,1H3;2*1-2H3. The Labute approximate surface area is 270 Å². The number of carbonyl (C=O) groups is 2. The average molecular weight is 641 g/mol. The van der Waals surface area contributed by atoms with Crippen molar-refractivity contribution in [3.63, 3.8) is 0 Å². The van der Waals surface area contributed by atoms with Gasteiger partial charge in [0.2, 0.25) is 0 Å². The lowest BCUT2D eigenvalue weighted by molar-refractivity contribution is -0.139. The second kappa shape index (κ2) is 20.4. The van der Waals surface area contributed by atoms with Crippen LogP contribution in [0.3, 0.4) is 0 Å². The first-order chi connectivity index (χ1) is 21.5. The molecule has 1 amide bonds. The van der Waals surface area contributed by atoms with Crippen LogP contribution < -0.4 is 10.1 Å². The van der Waals surface area contributed by atoms with Crippen molar-refractivity contribution in [2.24, 2.45) is 5.92 Å². The molecule has 0 radical (unpaired) electrons. The van der Waals surface area contributed by atoms with Crippen LogP contribution in [0.15, 0.2) is 72.8 Å². The van der Waals surface area contributed by atoms with E-state index in [1.807, 2.05) is 101 Å². The molecular formula is C36H52N2O6S. The van der Waals surface area contributed by atoms with Crippen LogP contribution in [-0.4, -0.2) is 68.6 Å². The van der Waals surface area contributed by atoms with Crippen molar-refractivity contribution in [1.82, 2.24) is 10.2 Å². The predicted octanol–water partition coefficient (Wildman–Crippen LogP) is 6.87. The van der Waals surface area contributed by atoms with E-state index in [-0.39, 0.29) is 12.2 Å². The minimum Gasteiger partial charge on any atom is -0.497 e. The number of aliphatic carboxylic acids is 1. The van der Waals surface area contributed by atoms with E-state index in [0.29, 0.717) is 11.5 Å². The quantitative estimate of drug-likeness (QED) is 0.249. The highest BCUT2D eigenvalue weighted by atomic mass is 32.2. The summed E-state index contributed by atoms with van der Waals surface area (Å²) in [6.07, 6.45) is 2.03. The number of hydrogen-bond acceptors (Lipinski definition) is 6. The molecule has 45 heavy (non-hydrogen) atoms. The van der Waals surface area contributed by atoms with Crippen LogP contribution in [0.25, 0.3) is 11.1 Å². The molecule has 1 aliphatic heterocycles. The third-order valence-corrected chi connectivity index (χ3v) is 8.01. The molecule has 1 saturated heterocycles. The summed E-state index contributed by atoms with van der Waals surface area (Å²) in [5.41, 5.74) is 4.11. The van der Waals surface area contributed by atoms with Gasteiger partial charge >= 0.3 is 5.97 Å². The number of sulfone groups is 1. The number of likely N-dealkylation sites (tertiary alicyclic amines) is 1. The Bertz CT molecular complexity index is 1430. The number of carboxylic acids is 1. The van der Waals surface area contributed by atoms with Gasteiger partial charge in [0, 0.05) is 24.9 Å². The third-order valence-electron chi connectivity index (χ3n) is 7.04. The van der Waals surface area contributed by atoms with E-state index in [9.17, 15) is 23.1 Å². The number of methoxy groups -OCH3 is 1. The molecule has 9 heteroatoms. The van der Waals surface area contributed by atoms with E-state index in [2.05, 4.69) is 17.1 Å². The first kappa shape index (κ1) is 39.3. The van der Waals surface area contributed by atoms with Gasteiger partial charge in [-0.2, -0.15) is 0 Å². The Balaban J connectivity index is 0.000000715. The number of para-hydroxylation sites is 1. The third kappa shape index (κ3) is 13.9.